The zero-order valence-electron chi connectivity index (χ0n) is 10.4. The molecule has 4 N–H and O–H groups in total. The highest BCUT2D eigenvalue weighted by Crippen LogP contribution is 2.28. The van der Waals surface area contributed by atoms with Crippen LogP contribution in [-0.2, 0) is 4.79 Å². The van der Waals surface area contributed by atoms with Crippen LogP contribution in [0.2, 0.25) is 0 Å². The number of piperidine rings is 1. The molecule has 1 aliphatic rings. The average molecular weight is 250 g/mol. The summed E-state index contributed by atoms with van der Waals surface area (Å²) in [7, 11) is 1.57. The molecule has 1 fully saturated rings. The lowest BCUT2D eigenvalue weighted by Crippen LogP contribution is -2.39. The summed E-state index contributed by atoms with van der Waals surface area (Å²) in [5.41, 5.74) is 11.8. The van der Waals surface area contributed by atoms with E-state index in [0.717, 1.165) is 31.7 Å². The lowest BCUT2D eigenvalue weighted by molar-refractivity contribution is -0.122. The first kappa shape index (κ1) is 12.5. The Balaban J connectivity index is 2.11. The number of hydrogen-bond donors (Lipinski definition) is 2. The number of primary amides is 1. The second-order valence-electron chi connectivity index (χ2n) is 4.43. The van der Waals surface area contributed by atoms with E-state index in [1.807, 2.05) is 0 Å². The SMILES string of the molecule is COc1ccc(N)c(N2CCC(C(N)=O)CC2)n1. The van der Waals surface area contributed by atoms with Crippen LogP contribution in [0.25, 0.3) is 0 Å². The summed E-state index contributed by atoms with van der Waals surface area (Å²) in [5.74, 6) is 1.00. The van der Waals surface area contributed by atoms with E-state index in [1.54, 1.807) is 19.2 Å². The van der Waals surface area contributed by atoms with Gasteiger partial charge in [-0.15, -0.1) is 0 Å². The normalized spacial score (nSPS) is 16.6. The Hall–Kier alpha value is -1.98. The van der Waals surface area contributed by atoms with Crippen molar-refractivity contribution in [2.24, 2.45) is 11.7 Å². The highest BCUT2D eigenvalue weighted by atomic mass is 16.5. The highest BCUT2D eigenvalue weighted by molar-refractivity contribution is 5.77. The lowest BCUT2D eigenvalue weighted by Gasteiger charge is -2.32. The van der Waals surface area contributed by atoms with Crippen LogP contribution in [0.15, 0.2) is 12.1 Å². The third kappa shape index (κ3) is 2.47. The predicted octanol–water partition coefficient (Wildman–Crippen LogP) is 0.374. The molecule has 1 aromatic heterocycles. The van der Waals surface area contributed by atoms with E-state index >= 15 is 0 Å². The number of anilines is 2. The van der Waals surface area contributed by atoms with Gasteiger partial charge >= 0.3 is 0 Å². The maximum Gasteiger partial charge on any atom is 0.220 e. The van der Waals surface area contributed by atoms with Crippen molar-refractivity contribution in [3.63, 3.8) is 0 Å². The molecule has 0 atom stereocenters. The fourth-order valence-corrected chi connectivity index (χ4v) is 2.18. The minimum Gasteiger partial charge on any atom is -0.481 e. The number of amides is 1. The zero-order valence-corrected chi connectivity index (χ0v) is 10.4. The number of nitrogens with zero attached hydrogens (tertiary/aromatic N) is 2. The molecule has 0 unspecified atom stereocenters. The van der Waals surface area contributed by atoms with Crippen LogP contribution in [0.4, 0.5) is 11.5 Å². The van der Waals surface area contributed by atoms with E-state index in [0.29, 0.717) is 11.6 Å². The maximum absolute atomic E-state index is 11.1. The number of nitrogens with two attached hydrogens (primary N) is 2. The second-order valence-corrected chi connectivity index (χ2v) is 4.43. The molecule has 98 valence electrons. The number of pyridine rings is 1. The predicted molar refractivity (Wildman–Crippen MR) is 69.3 cm³/mol. The minimum atomic E-state index is -0.221. The Morgan fingerprint density at radius 3 is 2.67 bits per heavy atom. The van der Waals surface area contributed by atoms with Gasteiger partial charge in [0.1, 0.15) is 0 Å². The Morgan fingerprint density at radius 2 is 2.11 bits per heavy atom. The molecule has 1 aliphatic heterocycles. The van der Waals surface area contributed by atoms with Gasteiger partial charge in [0.25, 0.3) is 0 Å². The molecule has 1 aromatic rings. The summed E-state index contributed by atoms with van der Waals surface area (Å²) in [6.45, 7) is 1.47. The molecule has 0 aromatic carbocycles. The van der Waals surface area contributed by atoms with Crippen molar-refractivity contribution in [2.45, 2.75) is 12.8 Å². The number of nitrogen functional groups attached to an aromatic ring is 1. The summed E-state index contributed by atoms with van der Waals surface area (Å²) < 4.78 is 5.09. The van der Waals surface area contributed by atoms with Crippen LogP contribution >= 0.6 is 0 Å². The van der Waals surface area contributed by atoms with Crippen molar-refractivity contribution < 1.29 is 9.53 Å². The van der Waals surface area contributed by atoms with Gasteiger partial charge in [0, 0.05) is 25.1 Å². The number of carbonyl (C=O) groups excluding carboxylic acids is 1. The topological polar surface area (TPSA) is 94.5 Å². The van der Waals surface area contributed by atoms with E-state index in [1.165, 1.54) is 0 Å². The molecular weight excluding hydrogens is 232 g/mol. The maximum atomic E-state index is 11.1. The van der Waals surface area contributed by atoms with Gasteiger partial charge in [-0.1, -0.05) is 0 Å². The van der Waals surface area contributed by atoms with Gasteiger partial charge in [0.2, 0.25) is 11.8 Å². The molecule has 0 bridgehead atoms. The molecule has 0 radical (unpaired) electrons. The number of aromatic nitrogens is 1. The van der Waals surface area contributed by atoms with Crippen LogP contribution in [0, 0.1) is 5.92 Å². The van der Waals surface area contributed by atoms with Crippen LogP contribution in [0.1, 0.15) is 12.8 Å². The summed E-state index contributed by atoms with van der Waals surface area (Å²) in [6, 6.07) is 3.51. The van der Waals surface area contributed by atoms with Gasteiger partial charge in [-0.2, -0.15) is 4.98 Å². The first-order chi connectivity index (χ1) is 8.61. The van der Waals surface area contributed by atoms with Crippen molar-refractivity contribution in [2.75, 3.05) is 30.8 Å². The van der Waals surface area contributed by atoms with E-state index < -0.39 is 0 Å². The molecule has 1 amide bonds. The summed E-state index contributed by atoms with van der Waals surface area (Å²) in [5, 5.41) is 0. The fourth-order valence-electron chi connectivity index (χ4n) is 2.18. The Labute approximate surface area is 106 Å². The fraction of sp³-hybridized carbons (Fsp3) is 0.500. The smallest absolute Gasteiger partial charge is 0.220 e. The summed E-state index contributed by atoms with van der Waals surface area (Å²) in [6.07, 6.45) is 1.49. The van der Waals surface area contributed by atoms with Gasteiger partial charge in [-0.3, -0.25) is 4.79 Å². The summed E-state index contributed by atoms with van der Waals surface area (Å²) in [4.78, 5) is 17.5. The highest BCUT2D eigenvalue weighted by Gasteiger charge is 2.24. The molecular formula is C12H18N4O2. The average Bonchev–Trinajstić information content (AvgIpc) is 2.39. The molecule has 6 heteroatoms. The monoisotopic (exact) mass is 250 g/mol. The number of carbonyl (C=O) groups is 1. The van der Waals surface area contributed by atoms with Crippen LogP contribution in [0.3, 0.4) is 0 Å². The lowest BCUT2D eigenvalue weighted by atomic mass is 9.96. The van der Waals surface area contributed by atoms with Gasteiger partial charge in [0.15, 0.2) is 5.82 Å². The van der Waals surface area contributed by atoms with Crippen molar-refractivity contribution >= 4 is 17.4 Å². The molecule has 0 saturated carbocycles. The number of methoxy groups -OCH3 is 1. The standard InChI is InChI=1S/C12H18N4O2/c1-18-10-3-2-9(13)12(15-10)16-6-4-8(5-7-16)11(14)17/h2-3,8H,4-7,13H2,1H3,(H2,14,17). The van der Waals surface area contributed by atoms with E-state index in [-0.39, 0.29) is 11.8 Å². The first-order valence-electron chi connectivity index (χ1n) is 5.96. The van der Waals surface area contributed by atoms with Crippen LogP contribution < -0.4 is 21.1 Å². The van der Waals surface area contributed by atoms with E-state index in [2.05, 4.69) is 9.88 Å². The van der Waals surface area contributed by atoms with Crippen molar-refractivity contribution in [3.05, 3.63) is 12.1 Å². The van der Waals surface area contributed by atoms with Crippen molar-refractivity contribution in [3.8, 4) is 5.88 Å². The number of ether oxygens (including phenoxy) is 1. The first-order valence-corrected chi connectivity index (χ1v) is 5.96. The molecule has 0 spiro atoms. The molecule has 1 saturated heterocycles. The zero-order chi connectivity index (χ0) is 13.1. The Kier molecular flexibility index (Phi) is 3.55. The van der Waals surface area contributed by atoms with Crippen LogP contribution in [-0.4, -0.2) is 31.1 Å². The largest absolute Gasteiger partial charge is 0.481 e. The van der Waals surface area contributed by atoms with Gasteiger partial charge in [-0.05, 0) is 18.9 Å². The Bertz CT molecular complexity index is 442. The third-order valence-electron chi connectivity index (χ3n) is 3.29. The molecule has 6 nitrogen and oxygen atoms in total. The van der Waals surface area contributed by atoms with Gasteiger partial charge < -0.3 is 21.1 Å². The molecule has 18 heavy (non-hydrogen) atoms. The van der Waals surface area contributed by atoms with Crippen molar-refractivity contribution in [1.82, 2.24) is 4.98 Å². The van der Waals surface area contributed by atoms with E-state index in [9.17, 15) is 4.79 Å². The second kappa shape index (κ2) is 5.12. The van der Waals surface area contributed by atoms with Crippen molar-refractivity contribution in [1.29, 1.82) is 0 Å². The molecule has 2 rings (SSSR count). The quantitative estimate of drug-likeness (QED) is 0.808. The van der Waals surface area contributed by atoms with Gasteiger partial charge in [0.05, 0.1) is 12.8 Å². The Morgan fingerprint density at radius 1 is 1.44 bits per heavy atom. The van der Waals surface area contributed by atoms with E-state index in [4.69, 9.17) is 16.2 Å². The number of rotatable bonds is 3. The molecule has 0 aliphatic carbocycles. The molecule has 2 heterocycles. The minimum absolute atomic E-state index is 0.0342. The summed E-state index contributed by atoms with van der Waals surface area (Å²) >= 11 is 0. The third-order valence-corrected chi connectivity index (χ3v) is 3.29. The van der Waals surface area contributed by atoms with Crippen LogP contribution in [0.5, 0.6) is 5.88 Å². The van der Waals surface area contributed by atoms with Gasteiger partial charge in [-0.25, -0.2) is 0 Å². The number of hydrogen-bond acceptors (Lipinski definition) is 5.